The van der Waals surface area contributed by atoms with Crippen LogP contribution in [0.1, 0.15) is 0 Å². The molecule has 0 aromatic heterocycles. The summed E-state index contributed by atoms with van der Waals surface area (Å²) in [5.74, 6) is 0. The first-order chi connectivity index (χ1) is 2.00. The Morgan fingerprint density at radius 3 is 1.17 bits per heavy atom. The van der Waals surface area contributed by atoms with Crippen LogP contribution in [0.2, 0.25) is 0 Å². The molecule has 0 bridgehead atoms. The van der Waals surface area contributed by atoms with Gasteiger partial charge in [-0.3, -0.25) is 0 Å². The summed E-state index contributed by atoms with van der Waals surface area (Å²) in [6.07, 6.45) is 0. The summed E-state index contributed by atoms with van der Waals surface area (Å²) < 4.78 is 32.7. The Hall–Kier alpha value is 1.70. The fourth-order valence-corrected chi connectivity index (χ4v) is 0. The number of halogens is 1. The summed E-state index contributed by atoms with van der Waals surface area (Å²) in [5.41, 5.74) is 0. The Morgan fingerprint density at radius 1 is 1.17 bits per heavy atom. The molecule has 0 aromatic carbocycles. The molecule has 0 saturated heterocycles. The van der Waals surface area contributed by atoms with Crippen molar-refractivity contribution >= 4 is 48.9 Å². The van der Waals surface area contributed by atoms with Crippen LogP contribution in [-0.2, 0) is 0 Å². The Labute approximate surface area is 76.6 Å². The van der Waals surface area contributed by atoms with Crippen LogP contribution in [0.4, 0.5) is 0 Å². The maximum atomic E-state index is 8.60. The Bertz CT molecular complexity index is 23.0. The van der Waals surface area contributed by atoms with Crippen molar-refractivity contribution in [3.63, 3.8) is 0 Å². The maximum Gasteiger partial charge on any atom is 0.0777 e. The summed E-state index contributed by atoms with van der Waals surface area (Å²) in [7, 11) is -4.69. The third-order valence-corrected chi connectivity index (χ3v) is 0. The number of hydrogen-bond donors (Lipinski definition) is 1. The molecule has 4 nitrogen and oxygen atoms in total. The van der Waals surface area contributed by atoms with Crippen LogP contribution in [0.25, 0.3) is 0 Å². The Kier molecular flexibility index (Phi) is 6.51. The van der Waals surface area contributed by atoms with Crippen molar-refractivity contribution in [2.45, 2.75) is 0 Å². The van der Waals surface area contributed by atoms with Gasteiger partial charge in [0.1, 0.15) is 0 Å². The van der Waals surface area contributed by atoms with Crippen molar-refractivity contribution in [2.24, 2.45) is 0 Å². The van der Waals surface area contributed by atoms with Crippen LogP contribution in [0.15, 0.2) is 0 Å². The molecule has 0 radical (unpaired) electrons. The van der Waals surface area contributed by atoms with E-state index < -0.39 is 10.2 Å². The molecule has 0 rings (SSSR count). The number of hydrogen-bond acceptors (Lipinski definition) is 4. The molecule has 0 saturated carbocycles. The van der Waals surface area contributed by atoms with Gasteiger partial charge in [0.25, 0.3) is 0 Å². The first-order valence-electron chi connectivity index (χ1n) is 0.632. The second kappa shape index (κ2) is 3.67. The van der Waals surface area contributed by atoms with Crippen LogP contribution < -0.4 is 14.0 Å². The van der Waals surface area contributed by atoms with E-state index in [1.807, 2.05) is 0 Å². The first kappa shape index (κ1) is 10.6. The third kappa shape index (κ3) is 43.5. The van der Waals surface area contributed by atoms with Crippen molar-refractivity contribution < 1.29 is 28.9 Å². The van der Waals surface area contributed by atoms with Crippen molar-refractivity contribution in [1.82, 2.24) is 0 Å². The van der Waals surface area contributed by atoms with Crippen LogP contribution in [-0.4, -0.2) is 53.5 Å². The molecule has 0 heterocycles. The van der Waals surface area contributed by atoms with Gasteiger partial charge in [-0.1, -0.05) is 0 Å². The molecule has 0 amide bonds. The second-order valence-corrected chi connectivity index (χ2v) is 1.19. The summed E-state index contributed by atoms with van der Waals surface area (Å²) in [4.78, 5) is 0. The molecule has 6 heavy (non-hydrogen) atoms. The zero-order valence-corrected chi connectivity index (χ0v) is 2.81. The SMILES string of the molecule is [BaH2].[O-][Cl+3]([O-])([O-])O. The summed E-state index contributed by atoms with van der Waals surface area (Å²) in [6.45, 7) is 0. The quantitative estimate of drug-likeness (QED) is 0.429. The summed E-state index contributed by atoms with van der Waals surface area (Å²) in [5, 5.41) is 0. The molecule has 0 atom stereocenters. The molecule has 6 heteroatoms. The average molecular weight is 240 g/mol. The zero-order valence-electron chi connectivity index (χ0n) is 2.05. The monoisotopic (exact) mass is 240 g/mol. The largest absolute Gasteiger partial charge is 0.183 e. The minimum Gasteiger partial charge on any atom is -0.183 e. The smallest absolute Gasteiger partial charge is 0.0777 e. The Morgan fingerprint density at radius 2 is 1.17 bits per heavy atom. The van der Waals surface area contributed by atoms with Gasteiger partial charge in [-0.2, -0.15) is 14.0 Å². The first-order valence-corrected chi connectivity index (χ1v) is 1.90. The van der Waals surface area contributed by atoms with Crippen LogP contribution in [0.5, 0.6) is 0 Å². The predicted octanol–water partition coefficient (Wildman–Crippen LogP) is -5.04. The van der Waals surface area contributed by atoms with E-state index in [2.05, 4.69) is 0 Å². The van der Waals surface area contributed by atoms with E-state index in [9.17, 15) is 0 Å². The van der Waals surface area contributed by atoms with Crippen molar-refractivity contribution in [2.75, 3.05) is 0 Å². The van der Waals surface area contributed by atoms with E-state index in [4.69, 9.17) is 18.6 Å². The standard InChI is InChI=1S/Ba.ClHO4.2H/c;2-1(3,4)5;;/h;(H,2,3,4,5);;. The fraction of sp³-hybridized carbons (Fsp3) is 0. The van der Waals surface area contributed by atoms with Crippen LogP contribution in [0.3, 0.4) is 0 Å². The summed E-state index contributed by atoms with van der Waals surface area (Å²) >= 11 is 0. The predicted molar refractivity (Wildman–Crippen MR) is 10.8 cm³/mol. The van der Waals surface area contributed by atoms with Crippen molar-refractivity contribution in [3.8, 4) is 0 Å². The molecule has 0 fully saturated rings. The van der Waals surface area contributed by atoms with Crippen LogP contribution >= 0.6 is 0 Å². The molecule has 0 aliphatic carbocycles. The van der Waals surface area contributed by atoms with Crippen molar-refractivity contribution in [3.05, 3.63) is 0 Å². The number of rotatable bonds is 0. The van der Waals surface area contributed by atoms with Gasteiger partial charge >= 0.3 is 48.9 Å². The molecule has 0 spiro atoms. The van der Waals surface area contributed by atoms with E-state index in [1.54, 1.807) is 0 Å². The van der Waals surface area contributed by atoms with Gasteiger partial charge in [-0.25, -0.2) is 0 Å². The minimum atomic E-state index is -4.69. The molecule has 0 aromatic rings. The topological polar surface area (TPSA) is 89.4 Å². The molecular formula is H3BaClO4. The molecule has 36 valence electrons. The molecule has 0 aliphatic heterocycles. The van der Waals surface area contributed by atoms with Gasteiger partial charge in [0.15, 0.2) is 0 Å². The van der Waals surface area contributed by atoms with Crippen molar-refractivity contribution in [1.29, 1.82) is 0 Å². The van der Waals surface area contributed by atoms with E-state index in [-0.39, 0.29) is 48.9 Å². The Balaban J connectivity index is 0. The summed E-state index contributed by atoms with van der Waals surface area (Å²) in [6, 6.07) is 0. The van der Waals surface area contributed by atoms with E-state index in [0.717, 1.165) is 0 Å². The third-order valence-electron chi connectivity index (χ3n) is 0. The van der Waals surface area contributed by atoms with Gasteiger partial charge in [-0.15, -0.1) is 0 Å². The zero-order chi connectivity index (χ0) is 4.50. The fourth-order valence-electron chi connectivity index (χ4n) is 0. The minimum absolute atomic E-state index is 0. The normalized spacial score (nSPS) is 10.0. The van der Waals surface area contributed by atoms with E-state index in [1.165, 1.54) is 0 Å². The maximum absolute atomic E-state index is 8.60. The molecule has 0 unspecified atom stereocenters. The van der Waals surface area contributed by atoms with Gasteiger partial charge in [0.2, 0.25) is 0 Å². The second-order valence-electron chi connectivity index (χ2n) is 0.396. The molecule has 1 N–H and O–H groups in total. The van der Waals surface area contributed by atoms with Gasteiger partial charge < -0.3 is 0 Å². The van der Waals surface area contributed by atoms with Crippen LogP contribution in [0, 0.1) is 10.2 Å². The van der Waals surface area contributed by atoms with Gasteiger partial charge in [0, 0.05) is 0 Å². The van der Waals surface area contributed by atoms with E-state index in [0.29, 0.717) is 0 Å². The molecular weight excluding hydrogens is 237 g/mol. The average Bonchev–Trinajstić information content (AvgIpc) is 0.722. The van der Waals surface area contributed by atoms with E-state index >= 15 is 0 Å². The van der Waals surface area contributed by atoms with Gasteiger partial charge in [-0.05, 0) is 0 Å². The molecule has 0 aliphatic rings. The van der Waals surface area contributed by atoms with Gasteiger partial charge in [0.05, 0.1) is 14.9 Å².